The molecule has 2 heterocycles. The van der Waals surface area contributed by atoms with E-state index >= 15 is 0 Å². The lowest BCUT2D eigenvalue weighted by Crippen LogP contribution is -2.03. The molecule has 0 atom stereocenters. The molecule has 5 nitrogen and oxygen atoms in total. The minimum Gasteiger partial charge on any atom is -0.345 e. The highest BCUT2D eigenvalue weighted by atomic mass is 32.2. The summed E-state index contributed by atoms with van der Waals surface area (Å²) in [6, 6.07) is 16.7. The van der Waals surface area contributed by atoms with Crippen LogP contribution in [-0.4, -0.2) is 30.4 Å². The molecule has 29 heavy (non-hydrogen) atoms. The van der Waals surface area contributed by atoms with E-state index in [4.69, 9.17) is 0 Å². The minimum absolute atomic E-state index is 0.0306. The number of H-pyrrole nitrogens is 1. The fraction of sp³-hybridized carbons (Fsp3) is 0.130. The normalized spacial score (nSPS) is 11.7. The van der Waals surface area contributed by atoms with Gasteiger partial charge in [-0.25, -0.2) is 13.4 Å². The molecule has 4 rings (SSSR count). The molecule has 0 fully saturated rings. The van der Waals surface area contributed by atoms with Crippen molar-refractivity contribution in [3.05, 3.63) is 89.2 Å². The number of rotatable bonds is 5. The van der Waals surface area contributed by atoms with E-state index in [1.54, 1.807) is 18.5 Å². The van der Waals surface area contributed by atoms with Crippen molar-refractivity contribution in [3.63, 3.8) is 0 Å². The molecular weight excluding hydrogens is 384 g/mol. The fourth-order valence-corrected chi connectivity index (χ4v) is 4.37. The Morgan fingerprint density at radius 1 is 1.03 bits per heavy atom. The van der Waals surface area contributed by atoms with E-state index in [9.17, 15) is 13.2 Å². The molecule has 0 aliphatic rings. The molecule has 0 amide bonds. The second kappa shape index (κ2) is 7.29. The topological polar surface area (TPSA) is 79.9 Å². The Morgan fingerprint density at radius 2 is 1.83 bits per heavy atom. The maximum absolute atomic E-state index is 13.3. The van der Waals surface area contributed by atoms with Crippen molar-refractivity contribution in [2.45, 2.75) is 12.7 Å². The molecule has 0 unspecified atom stereocenters. The number of aryl methyl sites for hydroxylation is 1. The summed E-state index contributed by atoms with van der Waals surface area (Å²) in [6.07, 6.45) is 4.59. The number of carbonyl (C=O) groups excluding carboxylic acids is 1. The monoisotopic (exact) mass is 404 g/mol. The fourth-order valence-electron chi connectivity index (χ4n) is 3.58. The Balaban J connectivity index is 1.88. The summed E-state index contributed by atoms with van der Waals surface area (Å²) < 4.78 is 23.4. The molecule has 146 valence electrons. The largest absolute Gasteiger partial charge is 0.345 e. The molecular formula is C23H20N2O3S. The maximum atomic E-state index is 13.3. The average Bonchev–Trinajstić information content (AvgIpc) is 3.11. The van der Waals surface area contributed by atoms with Crippen LogP contribution in [0.4, 0.5) is 0 Å². The van der Waals surface area contributed by atoms with Crippen LogP contribution in [0.3, 0.4) is 0 Å². The molecule has 0 radical (unpaired) electrons. The average molecular weight is 404 g/mol. The summed E-state index contributed by atoms with van der Waals surface area (Å²) in [4.78, 5) is 20.7. The summed E-state index contributed by atoms with van der Waals surface area (Å²) in [7, 11) is -3.14. The van der Waals surface area contributed by atoms with E-state index in [1.165, 1.54) is 6.26 Å². The lowest BCUT2D eigenvalue weighted by molar-refractivity contribution is 0.103. The smallest absolute Gasteiger partial charge is 0.195 e. The zero-order valence-corrected chi connectivity index (χ0v) is 17.0. The van der Waals surface area contributed by atoms with Crippen molar-refractivity contribution < 1.29 is 13.2 Å². The van der Waals surface area contributed by atoms with Gasteiger partial charge in [0.1, 0.15) is 5.65 Å². The molecule has 2 aromatic carbocycles. The summed E-state index contributed by atoms with van der Waals surface area (Å²) in [6.45, 7) is 1.91. The first-order chi connectivity index (χ1) is 13.8. The van der Waals surface area contributed by atoms with Crippen molar-refractivity contribution in [2.24, 2.45) is 0 Å². The molecule has 4 aromatic rings. The number of hydrogen-bond acceptors (Lipinski definition) is 4. The van der Waals surface area contributed by atoms with Gasteiger partial charge in [-0.05, 0) is 35.2 Å². The Morgan fingerprint density at radius 3 is 2.59 bits per heavy atom. The van der Waals surface area contributed by atoms with Crippen molar-refractivity contribution in [2.75, 3.05) is 6.26 Å². The van der Waals surface area contributed by atoms with E-state index in [0.717, 1.165) is 22.1 Å². The Kier molecular flexibility index (Phi) is 4.80. The number of carbonyl (C=O) groups is 1. The number of fused-ring (bicyclic) bond motifs is 1. The number of pyridine rings is 1. The number of sulfone groups is 1. The number of aromatic amines is 1. The molecule has 1 N–H and O–H groups in total. The summed E-state index contributed by atoms with van der Waals surface area (Å²) in [5.74, 6) is -0.104. The standard InChI is InChI=1S/C23H20N2O3S/c1-15-6-3-4-9-18(15)22(26)20-13-25-23-21(20)19(10-11-24-23)17-8-5-7-16(12-17)14-29(2,27)28/h3-13H,14H2,1-2H3,(H,24,25). The zero-order valence-electron chi connectivity index (χ0n) is 16.1. The van der Waals surface area contributed by atoms with Crippen LogP contribution in [0, 0.1) is 6.92 Å². The summed E-state index contributed by atoms with van der Waals surface area (Å²) in [5, 5.41) is 0.734. The first-order valence-corrected chi connectivity index (χ1v) is 11.2. The van der Waals surface area contributed by atoms with Crippen LogP contribution < -0.4 is 0 Å². The van der Waals surface area contributed by atoms with Gasteiger partial charge in [0.05, 0.1) is 11.3 Å². The highest BCUT2D eigenvalue weighted by molar-refractivity contribution is 7.89. The minimum atomic E-state index is -3.14. The third kappa shape index (κ3) is 3.84. The second-order valence-corrected chi connectivity index (χ2v) is 9.34. The Hall–Kier alpha value is -3.25. The lowest BCUT2D eigenvalue weighted by Gasteiger charge is -2.09. The first kappa shape index (κ1) is 19.1. The van der Waals surface area contributed by atoms with E-state index in [0.29, 0.717) is 22.3 Å². The number of hydrogen-bond donors (Lipinski definition) is 1. The van der Waals surface area contributed by atoms with Crippen LogP contribution >= 0.6 is 0 Å². The van der Waals surface area contributed by atoms with E-state index < -0.39 is 9.84 Å². The first-order valence-electron chi connectivity index (χ1n) is 9.17. The van der Waals surface area contributed by atoms with Crippen LogP contribution in [0.15, 0.2) is 67.0 Å². The molecule has 0 spiro atoms. The number of benzene rings is 2. The SMILES string of the molecule is Cc1ccccc1C(=O)c1c[nH]c2nccc(-c3cccc(CS(C)(=O)=O)c3)c12. The van der Waals surface area contributed by atoms with Gasteiger partial charge in [-0.3, -0.25) is 4.79 Å². The van der Waals surface area contributed by atoms with E-state index in [2.05, 4.69) is 9.97 Å². The summed E-state index contributed by atoms with van der Waals surface area (Å²) in [5.41, 5.74) is 5.11. The second-order valence-electron chi connectivity index (χ2n) is 7.20. The van der Waals surface area contributed by atoms with E-state index in [1.807, 2.05) is 55.5 Å². The Labute approximate surface area is 169 Å². The van der Waals surface area contributed by atoms with Crippen LogP contribution in [0.25, 0.3) is 22.2 Å². The third-order valence-electron chi connectivity index (χ3n) is 4.87. The van der Waals surface area contributed by atoms with Gasteiger partial charge < -0.3 is 4.98 Å². The van der Waals surface area contributed by atoms with Crippen LogP contribution in [0.1, 0.15) is 27.0 Å². The highest BCUT2D eigenvalue weighted by Crippen LogP contribution is 2.32. The zero-order chi connectivity index (χ0) is 20.6. The quantitative estimate of drug-likeness (QED) is 0.503. The molecule has 0 aliphatic heterocycles. The Bertz CT molecular complexity index is 1340. The van der Waals surface area contributed by atoms with Crippen molar-refractivity contribution in [1.82, 2.24) is 9.97 Å². The van der Waals surface area contributed by atoms with E-state index in [-0.39, 0.29) is 11.5 Å². The van der Waals surface area contributed by atoms with Crippen molar-refractivity contribution in [3.8, 4) is 11.1 Å². The number of ketones is 1. The maximum Gasteiger partial charge on any atom is 0.195 e. The van der Waals surface area contributed by atoms with Gasteiger partial charge in [0.25, 0.3) is 0 Å². The molecule has 0 bridgehead atoms. The van der Waals surface area contributed by atoms with Crippen LogP contribution in [0.2, 0.25) is 0 Å². The molecule has 6 heteroatoms. The molecule has 0 saturated carbocycles. The van der Waals surface area contributed by atoms with Gasteiger partial charge in [0.15, 0.2) is 15.6 Å². The van der Waals surface area contributed by atoms with Crippen LogP contribution in [0.5, 0.6) is 0 Å². The van der Waals surface area contributed by atoms with Crippen molar-refractivity contribution >= 4 is 26.7 Å². The van der Waals surface area contributed by atoms with Crippen molar-refractivity contribution in [1.29, 1.82) is 0 Å². The van der Waals surface area contributed by atoms with Crippen LogP contribution in [-0.2, 0) is 15.6 Å². The number of nitrogens with zero attached hydrogens (tertiary/aromatic N) is 1. The third-order valence-corrected chi connectivity index (χ3v) is 5.73. The molecule has 0 aliphatic carbocycles. The van der Waals surface area contributed by atoms with Gasteiger partial charge in [-0.15, -0.1) is 0 Å². The predicted octanol–water partition coefficient (Wildman–Crippen LogP) is 4.31. The number of nitrogens with one attached hydrogen (secondary N) is 1. The number of aromatic nitrogens is 2. The van der Waals surface area contributed by atoms with Gasteiger partial charge in [0.2, 0.25) is 0 Å². The van der Waals surface area contributed by atoms with Gasteiger partial charge in [-0.2, -0.15) is 0 Å². The van der Waals surface area contributed by atoms with Gasteiger partial charge >= 0.3 is 0 Å². The molecule has 0 saturated heterocycles. The summed E-state index contributed by atoms with van der Waals surface area (Å²) >= 11 is 0. The predicted molar refractivity (Wildman–Crippen MR) is 115 cm³/mol. The molecule has 2 aromatic heterocycles. The van der Waals surface area contributed by atoms with Gasteiger partial charge in [0, 0.05) is 29.6 Å². The lowest BCUT2D eigenvalue weighted by atomic mass is 9.95. The highest BCUT2D eigenvalue weighted by Gasteiger charge is 2.19. The van der Waals surface area contributed by atoms with Gasteiger partial charge in [-0.1, -0.05) is 48.5 Å².